The van der Waals surface area contributed by atoms with E-state index in [1.54, 1.807) is 13.2 Å². The fourth-order valence-corrected chi connectivity index (χ4v) is 2.26. The van der Waals surface area contributed by atoms with Crippen LogP contribution in [0.5, 0.6) is 0 Å². The second-order valence-electron chi connectivity index (χ2n) is 5.58. The fourth-order valence-electron chi connectivity index (χ4n) is 2.26. The van der Waals surface area contributed by atoms with Crippen LogP contribution in [-0.4, -0.2) is 24.0 Å². The van der Waals surface area contributed by atoms with Crippen LogP contribution >= 0.6 is 13.5 Å². The monoisotopic (exact) mass is 353 g/mol. The minimum Gasteiger partial charge on any atom is -0.320 e. The van der Waals surface area contributed by atoms with E-state index in [0.29, 0.717) is 11.3 Å². The number of amides is 1. The van der Waals surface area contributed by atoms with Crippen molar-refractivity contribution in [2.75, 3.05) is 11.9 Å². The standard InChI is InChI=1S/C17H19F2N3O.H2S/c1-10-4-15(9-21-11(10)2)22(3)17(23)16(20)7-12-5-13(18)8-14(19)6-12;/h4-6,8-9,16H,7,20H2,1-3H3;1H2/t16-;/m0./s1. The van der Waals surface area contributed by atoms with E-state index in [9.17, 15) is 13.6 Å². The number of anilines is 1. The van der Waals surface area contributed by atoms with E-state index >= 15 is 0 Å². The lowest BCUT2D eigenvalue weighted by Crippen LogP contribution is -2.43. The lowest BCUT2D eigenvalue weighted by molar-refractivity contribution is -0.119. The predicted octanol–water partition coefficient (Wildman–Crippen LogP) is 2.62. The van der Waals surface area contributed by atoms with Crippen LogP contribution in [0, 0.1) is 25.5 Å². The molecule has 0 radical (unpaired) electrons. The maximum Gasteiger partial charge on any atom is 0.244 e. The first kappa shape index (κ1) is 20.1. The number of carbonyl (C=O) groups excluding carboxylic acids is 1. The number of likely N-dealkylation sites (N-methyl/N-ethyl adjacent to an activating group) is 1. The molecule has 0 bridgehead atoms. The molecule has 4 nitrogen and oxygen atoms in total. The van der Waals surface area contributed by atoms with E-state index < -0.39 is 17.7 Å². The summed E-state index contributed by atoms with van der Waals surface area (Å²) in [6.07, 6.45) is 1.64. The molecule has 1 amide bonds. The molecule has 1 aromatic heterocycles. The zero-order chi connectivity index (χ0) is 17.1. The third-order valence-electron chi connectivity index (χ3n) is 3.74. The summed E-state index contributed by atoms with van der Waals surface area (Å²) in [6.45, 7) is 3.78. The number of nitrogens with two attached hydrogens (primary N) is 1. The van der Waals surface area contributed by atoms with Gasteiger partial charge in [0.25, 0.3) is 0 Å². The number of rotatable bonds is 4. The van der Waals surface area contributed by atoms with Crippen molar-refractivity contribution < 1.29 is 13.6 Å². The number of pyridine rings is 1. The molecule has 0 fully saturated rings. The molecule has 0 aliphatic rings. The van der Waals surface area contributed by atoms with Crippen LogP contribution in [-0.2, 0) is 11.2 Å². The van der Waals surface area contributed by atoms with Crippen molar-refractivity contribution >= 4 is 25.1 Å². The molecule has 1 atom stereocenters. The Hall–Kier alpha value is -1.99. The highest BCUT2D eigenvalue weighted by molar-refractivity contribution is 7.59. The van der Waals surface area contributed by atoms with E-state index in [-0.39, 0.29) is 25.8 Å². The summed E-state index contributed by atoms with van der Waals surface area (Å²) >= 11 is 0. The van der Waals surface area contributed by atoms with Crippen LogP contribution in [0.15, 0.2) is 30.5 Å². The number of aryl methyl sites for hydroxylation is 2. The van der Waals surface area contributed by atoms with Crippen molar-refractivity contribution in [2.24, 2.45) is 5.73 Å². The number of hydrogen-bond acceptors (Lipinski definition) is 3. The van der Waals surface area contributed by atoms with Gasteiger partial charge in [-0.15, -0.1) is 0 Å². The molecular weight excluding hydrogens is 332 g/mol. The first-order chi connectivity index (χ1) is 10.8. The molecule has 1 heterocycles. The summed E-state index contributed by atoms with van der Waals surface area (Å²) in [5.41, 5.74) is 8.71. The molecule has 0 saturated heterocycles. The van der Waals surface area contributed by atoms with Crippen molar-refractivity contribution in [2.45, 2.75) is 26.3 Å². The summed E-state index contributed by atoms with van der Waals surface area (Å²) in [5, 5.41) is 0. The lowest BCUT2D eigenvalue weighted by Gasteiger charge is -2.22. The van der Waals surface area contributed by atoms with Gasteiger partial charge in [0.15, 0.2) is 0 Å². The maximum absolute atomic E-state index is 13.2. The summed E-state index contributed by atoms with van der Waals surface area (Å²) in [4.78, 5) is 18.0. The first-order valence-corrected chi connectivity index (χ1v) is 7.19. The number of hydrogen-bond donors (Lipinski definition) is 1. The van der Waals surface area contributed by atoms with Crippen LogP contribution in [0.1, 0.15) is 16.8 Å². The molecular formula is C17H21F2N3OS. The lowest BCUT2D eigenvalue weighted by atomic mass is 10.0. The Kier molecular flexibility index (Phi) is 6.86. The van der Waals surface area contributed by atoms with Gasteiger partial charge >= 0.3 is 0 Å². The van der Waals surface area contributed by atoms with Gasteiger partial charge in [-0.3, -0.25) is 9.78 Å². The highest BCUT2D eigenvalue weighted by Crippen LogP contribution is 2.17. The third-order valence-corrected chi connectivity index (χ3v) is 3.74. The summed E-state index contributed by atoms with van der Waals surface area (Å²) < 4.78 is 26.4. The van der Waals surface area contributed by atoms with Gasteiger partial charge in [0.2, 0.25) is 5.91 Å². The molecule has 2 aromatic rings. The van der Waals surface area contributed by atoms with E-state index in [1.807, 2.05) is 19.9 Å². The Morgan fingerprint density at radius 1 is 1.21 bits per heavy atom. The third kappa shape index (κ3) is 4.75. The average Bonchev–Trinajstić information content (AvgIpc) is 2.47. The molecule has 0 spiro atoms. The van der Waals surface area contributed by atoms with Crippen LogP contribution in [0.3, 0.4) is 0 Å². The van der Waals surface area contributed by atoms with E-state index in [0.717, 1.165) is 17.3 Å². The van der Waals surface area contributed by atoms with Crippen molar-refractivity contribution in [3.63, 3.8) is 0 Å². The average molecular weight is 353 g/mol. The van der Waals surface area contributed by atoms with Crippen LogP contribution in [0.25, 0.3) is 0 Å². The Morgan fingerprint density at radius 3 is 2.33 bits per heavy atom. The maximum atomic E-state index is 13.2. The summed E-state index contributed by atoms with van der Waals surface area (Å²) in [7, 11) is 1.60. The molecule has 7 heteroatoms. The van der Waals surface area contributed by atoms with Gasteiger partial charge in [-0.2, -0.15) is 13.5 Å². The molecule has 0 unspecified atom stereocenters. The highest BCUT2D eigenvalue weighted by Gasteiger charge is 2.20. The van der Waals surface area contributed by atoms with E-state index in [2.05, 4.69) is 4.98 Å². The van der Waals surface area contributed by atoms with Gasteiger partial charge in [0.05, 0.1) is 17.9 Å². The Balaban J connectivity index is 0.00000288. The van der Waals surface area contributed by atoms with Crippen molar-refractivity contribution in [1.82, 2.24) is 4.98 Å². The molecule has 2 rings (SSSR count). The summed E-state index contributed by atoms with van der Waals surface area (Å²) in [6, 6.07) is 4.07. The predicted molar refractivity (Wildman–Crippen MR) is 95.5 cm³/mol. The molecule has 130 valence electrons. The van der Waals surface area contributed by atoms with Gasteiger partial charge in [-0.1, -0.05) is 0 Å². The smallest absolute Gasteiger partial charge is 0.244 e. The highest BCUT2D eigenvalue weighted by atomic mass is 32.1. The largest absolute Gasteiger partial charge is 0.320 e. The van der Waals surface area contributed by atoms with Gasteiger partial charge in [0.1, 0.15) is 11.6 Å². The molecule has 0 aliphatic heterocycles. The second-order valence-corrected chi connectivity index (χ2v) is 5.58. The molecule has 1 aromatic carbocycles. The van der Waals surface area contributed by atoms with Gasteiger partial charge < -0.3 is 10.6 Å². The number of carbonyl (C=O) groups is 1. The van der Waals surface area contributed by atoms with Crippen LogP contribution in [0.4, 0.5) is 14.5 Å². The number of benzene rings is 1. The Labute approximate surface area is 147 Å². The minimum absolute atomic E-state index is 0. The van der Waals surface area contributed by atoms with E-state index in [4.69, 9.17) is 5.73 Å². The SMILES string of the molecule is Cc1cc(N(C)C(=O)[C@@H](N)Cc2cc(F)cc(F)c2)cnc1C.S. The molecule has 0 saturated carbocycles. The topological polar surface area (TPSA) is 59.2 Å². The second kappa shape index (κ2) is 8.21. The number of halogens is 2. The van der Waals surface area contributed by atoms with E-state index in [1.165, 1.54) is 17.0 Å². The quantitative estimate of drug-likeness (QED) is 0.919. The molecule has 24 heavy (non-hydrogen) atoms. The summed E-state index contributed by atoms with van der Waals surface area (Å²) in [5.74, 6) is -1.72. The van der Waals surface area contributed by atoms with Gasteiger partial charge in [-0.25, -0.2) is 8.78 Å². The van der Waals surface area contributed by atoms with Crippen LogP contribution in [0.2, 0.25) is 0 Å². The van der Waals surface area contributed by atoms with Gasteiger partial charge in [0, 0.05) is 18.8 Å². The first-order valence-electron chi connectivity index (χ1n) is 7.19. The molecule has 2 N–H and O–H groups in total. The van der Waals surface area contributed by atoms with Crippen molar-refractivity contribution in [3.05, 3.63) is 58.9 Å². The zero-order valence-corrected chi connectivity index (χ0v) is 14.8. The zero-order valence-electron chi connectivity index (χ0n) is 13.8. The number of aromatic nitrogens is 1. The van der Waals surface area contributed by atoms with Crippen LogP contribution < -0.4 is 10.6 Å². The van der Waals surface area contributed by atoms with Gasteiger partial charge in [-0.05, 0) is 49.6 Å². The van der Waals surface area contributed by atoms with Crippen molar-refractivity contribution in [1.29, 1.82) is 0 Å². The number of nitrogens with zero attached hydrogens (tertiary/aromatic N) is 2. The fraction of sp³-hybridized carbons (Fsp3) is 0.294. The normalized spacial score (nSPS) is 11.6. The minimum atomic E-state index is -0.900. The molecule has 0 aliphatic carbocycles. The Morgan fingerprint density at radius 2 is 1.79 bits per heavy atom. The Bertz CT molecular complexity index is 720. The van der Waals surface area contributed by atoms with Crippen molar-refractivity contribution in [3.8, 4) is 0 Å².